The van der Waals surface area contributed by atoms with Crippen molar-refractivity contribution < 1.29 is 27.5 Å². The number of esters is 1. The number of rotatable bonds is 9. The minimum atomic E-state index is -3.61. The highest BCUT2D eigenvalue weighted by molar-refractivity contribution is 7.92. The summed E-state index contributed by atoms with van der Waals surface area (Å²) in [4.78, 5) is 23.3. The zero-order valence-corrected chi connectivity index (χ0v) is 14.8. The Morgan fingerprint density at radius 1 is 1.25 bits per heavy atom. The number of ether oxygens (including phenoxy) is 2. The SMILES string of the molecule is COCCNC(=O)CCN(c1cccc(C(=O)OC)c1)S(C)(=O)=O. The normalized spacial score (nSPS) is 11.0. The summed E-state index contributed by atoms with van der Waals surface area (Å²) < 4.78 is 34.6. The van der Waals surface area contributed by atoms with Crippen molar-refractivity contribution in [3.63, 3.8) is 0 Å². The molecule has 1 aromatic rings. The third kappa shape index (κ3) is 6.17. The Morgan fingerprint density at radius 3 is 2.54 bits per heavy atom. The molecule has 0 spiro atoms. The fourth-order valence-electron chi connectivity index (χ4n) is 1.98. The molecule has 1 amide bonds. The first-order valence-electron chi connectivity index (χ1n) is 7.21. The van der Waals surface area contributed by atoms with Crippen molar-refractivity contribution in [3.8, 4) is 0 Å². The van der Waals surface area contributed by atoms with E-state index in [0.717, 1.165) is 10.6 Å². The van der Waals surface area contributed by atoms with Gasteiger partial charge in [0.15, 0.2) is 0 Å². The Kier molecular flexibility index (Phi) is 7.66. The molecule has 0 atom stereocenters. The second-order valence-electron chi connectivity index (χ2n) is 4.97. The summed E-state index contributed by atoms with van der Waals surface area (Å²) >= 11 is 0. The van der Waals surface area contributed by atoms with Crippen molar-refractivity contribution in [3.05, 3.63) is 29.8 Å². The number of sulfonamides is 1. The van der Waals surface area contributed by atoms with Crippen LogP contribution in [0.15, 0.2) is 24.3 Å². The van der Waals surface area contributed by atoms with Gasteiger partial charge in [0, 0.05) is 26.6 Å². The monoisotopic (exact) mass is 358 g/mol. The molecule has 8 nitrogen and oxygen atoms in total. The van der Waals surface area contributed by atoms with Gasteiger partial charge in [-0.3, -0.25) is 9.10 Å². The molecule has 0 unspecified atom stereocenters. The zero-order chi connectivity index (χ0) is 18.2. The fraction of sp³-hybridized carbons (Fsp3) is 0.467. The maximum atomic E-state index is 12.0. The van der Waals surface area contributed by atoms with E-state index in [2.05, 4.69) is 10.1 Å². The quantitative estimate of drug-likeness (QED) is 0.506. The Balaban J connectivity index is 2.88. The topological polar surface area (TPSA) is 102 Å². The second-order valence-corrected chi connectivity index (χ2v) is 6.88. The van der Waals surface area contributed by atoms with Crippen LogP contribution in [-0.4, -0.2) is 60.5 Å². The van der Waals surface area contributed by atoms with Gasteiger partial charge in [-0.25, -0.2) is 13.2 Å². The summed E-state index contributed by atoms with van der Waals surface area (Å²) in [7, 11) is -0.848. The van der Waals surface area contributed by atoms with Crippen molar-refractivity contribution in [2.75, 3.05) is 44.5 Å². The Labute approximate surface area is 141 Å². The Morgan fingerprint density at radius 2 is 1.96 bits per heavy atom. The maximum absolute atomic E-state index is 12.0. The van der Waals surface area contributed by atoms with Crippen LogP contribution in [0.1, 0.15) is 16.8 Å². The smallest absolute Gasteiger partial charge is 0.337 e. The van der Waals surface area contributed by atoms with Crippen LogP contribution in [0.5, 0.6) is 0 Å². The number of hydrogen-bond donors (Lipinski definition) is 1. The first-order chi connectivity index (χ1) is 11.3. The largest absolute Gasteiger partial charge is 0.465 e. The van der Waals surface area contributed by atoms with Gasteiger partial charge in [0.05, 0.1) is 31.2 Å². The van der Waals surface area contributed by atoms with Crippen molar-refractivity contribution >= 4 is 27.6 Å². The zero-order valence-electron chi connectivity index (χ0n) is 13.9. The molecule has 0 heterocycles. The number of carbonyl (C=O) groups excluding carboxylic acids is 2. The Hall–Kier alpha value is -2.13. The van der Waals surface area contributed by atoms with E-state index in [1.165, 1.54) is 26.4 Å². The molecule has 1 N–H and O–H groups in total. The molecular weight excluding hydrogens is 336 g/mol. The molecule has 9 heteroatoms. The van der Waals surface area contributed by atoms with Gasteiger partial charge in [-0.15, -0.1) is 0 Å². The molecule has 0 aliphatic heterocycles. The van der Waals surface area contributed by atoms with Crippen molar-refractivity contribution in [2.45, 2.75) is 6.42 Å². The molecule has 0 bridgehead atoms. The number of amides is 1. The van der Waals surface area contributed by atoms with Gasteiger partial charge >= 0.3 is 5.97 Å². The third-order valence-corrected chi connectivity index (χ3v) is 4.32. The lowest BCUT2D eigenvalue weighted by Gasteiger charge is -2.22. The lowest BCUT2D eigenvalue weighted by atomic mass is 10.2. The minimum Gasteiger partial charge on any atom is -0.465 e. The highest BCUT2D eigenvalue weighted by atomic mass is 32.2. The van der Waals surface area contributed by atoms with Crippen molar-refractivity contribution in [1.29, 1.82) is 0 Å². The predicted molar refractivity (Wildman–Crippen MR) is 89.5 cm³/mol. The van der Waals surface area contributed by atoms with Gasteiger partial charge in [-0.05, 0) is 18.2 Å². The standard InChI is InChI=1S/C15H22N2O6S/c1-22-10-8-16-14(18)7-9-17(24(3,20)21)13-6-4-5-12(11-13)15(19)23-2/h4-6,11H,7-10H2,1-3H3,(H,16,18). The van der Waals surface area contributed by atoms with Crippen LogP contribution in [0.4, 0.5) is 5.69 Å². The number of nitrogens with one attached hydrogen (secondary N) is 1. The first kappa shape index (κ1) is 19.9. The van der Waals surface area contributed by atoms with Gasteiger partial charge in [-0.2, -0.15) is 0 Å². The fourth-order valence-corrected chi connectivity index (χ4v) is 2.90. The molecule has 1 aromatic carbocycles. The summed E-state index contributed by atoms with van der Waals surface area (Å²) in [5.74, 6) is -0.854. The molecule has 0 radical (unpaired) electrons. The van der Waals surface area contributed by atoms with Crippen LogP contribution in [0.3, 0.4) is 0 Å². The van der Waals surface area contributed by atoms with E-state index >= 15 is 0 Å². The van der Waals surface area contributed by atoms with E-state index in [1.54, 1.807) is 12.1 Å². The summed E-state index contributed by atoms with van der Waals surface area (Å²) in [5, 5.41) is 2.62. The number of nitrogens with zero attached hydrogens (tertiary/aromatic N) is 1. The number of hydrogen-bond acceptors (Lipinski definition) is 6. The highest BCUT2D eigenvalue weighted by Crippen LogP contribution is 2.20. The van der Waals surface area contributed by atoms with E-state index in [1.807, 2.05) is 0 Å². The number of carbonyl (C=O) groups is 2. The molecule has 0 saturated carbocycles. The number of methoxy groups -OCH3 is 2. The van der Waals surface area contributed by atoms with Crippen LogP contribution >= 0.6 is 0 Å². The lowest BCUT2D eigenvalue weighted by molar-refractivity contribution is -0.121. The van der Waals surface area contributed by atoms with E-state index < -0.39 is 16.0 Å². The van der Waals surface area contributed by atoms with Crippen LogP contribution < -0.4 is 9.62 Å². The molecule has 0 aliphatic carbocycles. The van der Waals surface area contributed by atoms with E-state index in [0.29, 0.717) is 18.8 Å². The lowest BCUT2D eigenvalue weighted by Crippen LogP contribution is -2.35. The van der Waals surface area contributed by atoms with Gasteiger partial charge in [0.25, 0.3) is 0 Å². The van der Waals surface area contributed by atoms with Crippen LogP contribution in [0.2, 0.25) is 0 Å². The highest BCUT2D eigenvalue weighted by Gasteiger charge is 2.20. The van der Waals surface area contributed by atoms with Gasteiger partial charge in [-0.1, -0.05) is 6.07 Å². The molecule has 24 heavy (non-hydrogen) atoms. The maximum Gasteiger partial charge on any atom is 0.337 e. The van der Waals surface area contributed by atoms with Gasteiger partial charge < -0.3 is 14.8 Å². The second kappa shape index (κ2) is 9.24. The molecule has 0 fully saturated rings. The molecule has 134 valence electrons. The van der Waals surface area contributed by atoms with Crippen LogP contribution in [0.25, 0.3) is 0 Å². The van der Waals surface area contributed by atoms with E-state index in [9.17, 15) is 18.0 Å². The molecule has 0 aromatic heterocycles. The summed E-state index contributed by atoms with van der Waals surface area (Å²) in [6.07, 6.45) is 1.03. The average Bonchev–Trinajstić information content (AvgIpc) is 2.53. The molecule has 1 rings (SSSR count). The minimum absolute atomic E-state index is 0.0146. The van der Waals surface area contributed by atoms with Crippen LogP contribution in [0, 0.1) is 0 Å². The molecular formula is C15H22N2O6S. The van der Waals surface area contributed by atoms with E-state index in [-0.39, 0.29) is 24.4 Å². The average molecular weight is 358 g/mol. The van der Waals surface area contributed by atoms with Gasteiger partial charge in [0.2, 0.25) is 15.9 Å². The predicted octanol–water partition coefficient (Wildman–Crippen LogP) is 0.392. The third-order valence-electron chi connectivity index (χ3n) is 3.13. The van der Waals surface area contributed by atoms with Crippen molar-refractivity contribution in [2.24, 2.45) is 0 Å². The van der Waals surface area contributed by atoms with Crippen molar-refractivity contribution in [1.82, 2.24) is 5.32 Å². The molecule has 0 aliphatic rings. The van der Waals surface area contributed by atoms with E-state index in [4.69, 9.17) is 4.74 Å². The first-order valence-corrected chi connectivity index (χ1v) is 9.06. The summed E-state index contributed by atoms with van der Waals surface area (Å²) in [6.45, 7) is 0.691. The Bertz CT molecular complexity index is 674. The summed E-state index contributed by atoms with van der Waals surface area (Å²) in [5.41, 5.74) is 0.526. The molecule has 0 saturated heterocycles. The number of anilines is 1. The van der Waals surface area contributed by atoms with Gasteiger partial charge in [0.1, 0.15) is 0 Å². The number of benzene rings is 1. The van der Waals surface area contributed by atoms with Crippen LogP contribution in [-0.2, 0) is 24.3 Å². The summed E-state index contributed by atoms with van der Waals surface area (Å²) in [6, 6.07) is 6.04.